The van der Waals surface area contributed by atoms with Gasteiger partial charge in [-0.2, -0.15) is 0 Å². The number of nitrogens with zero attached hydrogens (tertiary/aromatic N) is 2. The van der Waals surface area contributed by atoms with Gasteiger partial charge in [-0.15, -0.1) is 0 Å². The van der Waals surface area contributed by atoms with Crippen molar-refractivity contribution in [2.45, 2.75) is 39.2 Å². The first kappa shape index (κ1) is 13.3. The molecule has 2 aromatic rings. The average Bonchev–Trinajstić information content (AvgIpc) is 2.68. The molecule has 1 saturated carbocycles. The van der Waals surface area contributed by atoms with Gasteiger partial charge in [-0.3, -0.25) is 0 Å². The van der Waals surface area contributed by atoms with E-state index in [1.54, 1.807) is 0 Å². The normalized spacial score (nSPS) is 23.9. The number of aromatic amines is 1. The molecule has 0 radical (unpaired) electrons. The standard InChI is InChI=1S/C14H18BrN3S/c1-9-2-4-10(5-3-9)8-18-13-12(17-14(18)19)6-11(15)7-16-13/h6-7,9-10H,2-5,8H2,1H3,(H,17,19). The zero-order valence-electron chi connectivity index (χ0n) is 11.0. The SMILES string of the molecule is CC1CCC(Cn2c(=S)[nH]c3cc(Br)cnc32)CC1. The van der Waals surface area contributed by atoms with Gasteiger partial charge in [0.05, 0.1) is 5.52 Å². The molecular weight excluding hydrogens is 322 g/mol. The molecule has 0 unspecified atom stereocenters. The Hall–Kier alpha value is -0.680. The molecule has 0 atom stereocenters. The molecule has 1 aliphatic rings. The van der Waals surface area contributed by atoms with Crippen LogP contribution in [0, 0.1) is 16.6 Å². The topological polar surface area (TPSA) is 33.6 Å². The van der Waals surface area contributed by atoms with Gasteiger partial charge in [-0.05, 0) is 58.9 Å². The quantitative estimate of drug-likeness (QED) is 0.805. The number of hydrogen-bond donors (Lipinski definition) is 1. The van der Waals surface area contributed by atoms with E-state index in [-0.39, 0.29) is 0 Å². The Kier molecular flexibility index (Phi) is 3.76. The molecule has 1 aliphatic carbocycles. The summed E-state index contributed by atoms with van der Waals surface area (Å²) in [6.07, 6.45) is 7.15. The van der Waals surface area contributed by atoms with Gasteiger partial charge >= 0.3 is 0 Å². The highest BCUT2D eigenvalue weighted by Crippen LogP contribution is 2.30. The molecule has 3 nitrogen and oxygen atoms in total. The van der Waals surface area contributed by atoms with Crippen molar-refractivity contribution < 1.29 is 0 Å². The van der Waals surface area contributed by atoms with Crippen LogP contribution in [0.3, 0.4) is 0 Å². The molecule has 0 aromatic carbocycles. The van der Waals surface area contributed by atoms with Crippen LogP contribution < -0.4 is 0 Å². The lowest BCUT2D eigenvalue weighted by molar-refractivity contribution is 0.265. The highest BCUT2D eigenvalue weighted by atomic mass is 79.9. The van der Waals surface area contributed by atoms with Crippen molar-refractivity contribution in [3.05, 3.63) is 21.5 Å². The summed E-state index contributed by atoms with van der Waals surface area (Å²) in [7, 11) is 0. The lowest BCUT2D eigenvalue weighted by Gasteiger charge is -2.26. The molecule has 2 heterocycles. The summed E-state index contributed by atoms with van der Waals surface area (Å²) < 4.78 is 3.94. The van der Waals surface area contributed by atoms with Gasteiger partial charge < -0.3 is 9.55 Å². The highest BCUT2D eigenvalue weighted by Gasteiger charge is 2.20. The molecule has 0 aliphatic heterocycles. The van der Waals surface area contributed by atoms with Gasteiger partial charge in [0.25, 0.3) is 0 Å². The van der Waals surface area contributed by atoms with Crippen LogP contribution in [0.15, 0.2) is 16.7 Å². The lowest BCUT2D eigenvalue weighted by Crippen LogP contribution is -2.17. The molecule has 0 spiro atoms. The van der Waals surface area contributed by atoms with E-state index in [1.165, 1.54) is 25.7 Å². The number of rotatable bonds is 2. The molecular formula is C14H18BrN3S. The zero-order chi connectivity index (χ0) is 13.4. The first-order valence-electron chi connectivity index (χ1n) is 6.87. The van der Waals surface area contributed by atoms with Gasteiger partial charge in [-0.25, -0.2) is 4.98 Å². The van der Waals surface area contributed by atoms with Crippen molar-refractivity contribution >= 4 is 39.3 Å². The van der Waals surface area contributed by atoms with Crippen LogP contribution >= 0.6 is 28.1 Å². The minimum atomic E-state index is 0.743. The lowest BCUT2D eigenvalue weighted by atomic mass is 9.83. The molecule has 5 heteroatoms. The number of pyridine rings is 1. The number of fused-ring (bicyclic) bond motifs is 1. The summed E-state index contributed by atoms with van der Waals surface area (Å²) in [6, 6.07) is 2.04. The number of imidazole rings is 1. The van der Waals surface area contributed by atoms with E-state index in [1.807, 2.05) is 12.3 Å². The monoisotopic (exact) mass is 339 g/mol. The van der Waals surface area contributed by atoms with E-state index in [0.717, 1.165) is 38.8 Å². The van der Waals surface area contributed by atoms with Crippen molar-refractivity contribution in [3.8, 4) is 0 Å². The average molecular weight is 340 g/mol. The van der Waals surface area contributed by atoms with E-state index in [4.69, 9.17) is 12.2 Å². The maximum atomic E-state index is 5.44. The Morgan fingerprint density at radius 3 is 2.89 bits per heavy atom. The van der Waals surface area contributed by atoms with Crippen LogP contribution in [0.25, 0.3) is 11.2 Å². The summed E-state index contributed by atoms with van der Waals surface area (Å²) in [6.45, 7) is 3.35. The fourth-order valence-electron chi connectivity index (χ4n) is 2.96. The molecule has 0 saturated heterocycles. The summed E-state index contributed by atoms with van der Waals surface area (Å²) in [5.41, 5.74) is 2.00. The summed E-state index contributed by atoms with van der Waals surface area (Å²) in [4.78, 5) is 7.75. The second-order valence-electron chi connectivity index (χ2n) is 5.69. The van der Waals surface area contributed by atoms with Crippen molar-refractivity contribution in [1.82, 2.24) is 14.5 Å². The van der Waals surface area contributed by atoms with Crippen molar-refractivity contribution in [3.63, 3.8) is 0 Å². The number of H-pyrrole nitrogens is 1. The van der Waals surface area contributed by atoms with Gasteiger partial charge in [0, 0.05) is 17.2 Å². The maximum Gasteiger partial charge on any atom is 0.179 e. The Labute approximate surface area is 126 Å². The van der Waals surface area contributed by atoms with Crippen LogP contribution in [0.4, 0.5) is 0 Å². The third-order valence-corrected chi connectivity index (χ3v) is 4.91. The van der Waals surface area contributed by atoms with E-state index in [2.05, 4.69) is 37.4 Å². The van der Waals surface area contributed by atoms with Gasteiger partial charge in [0.15, 0.2) is 10.4 Å². The maximum absolute atomic E-state index is 5.44. The number of aromatic nitrogens is 3. The zero-order valence-corrected chi connectivity index (χ0v) is 13.4. The van der Waals surface area contributed by atoms with Crippen LogP contribution in [0.2, 0.25) is 0 Å². The predicted octanol–water partition coefficient (Wildman–Crippen LogP) is 4.68. The fourth-order valence-corrected chi connectivity index (χ4v) is 3.56. The van der Waals surface area contributed by atoms with E-state index in [0.29, 0.717) is 0 Å². The molecule has 2 aromatic heterocycles. The number of hydrogen-bond acceptors (Lipinski definition) is 2. The van der Waals surface area contributed by atoms with Crippen molar-refractivity contribution in [2.75, 3.05) is 0 Å². The van der Waals surface area contributed by atoms with Crippen molar-refractivity contribution in [1.29, 1.82) is 0 Å². The summed E-state index contributed by atoms with van der Waals surface area (Å²) >= 11 is 8.89. The van der Waals surface area contributed by atoms with Crippen LogP contribution in [0.1, 0.15) is 32.6 Å². The molecule has 3 rings (SSSR count). The van der Waals surface area contributed by atoms with E-state index >= 15 is 0 Å². The first-order valence-corrected chi connectivity index (χ1v) is 8.07. The Morgan fingerprint density at radius 1 is 1.42 bits per heavy atom. The fraction of sp³-hybridized carbons (Fsp3) is 0.571. The highest BCUT2D eigenvalue weighted by molar-refractivity contribution is 9.10. The first-order chi connectivity index (χ1) is 9.13. The smallest absolute Gasteiger partial charge is 0.179 e. The van der Waals surface area contributed by atoms with E-state index in [9.17, 15) is 0 Å². The predicted molar refractivity (Wildman–Crippen MR) is 83.7 cm³/mol. The molecule has 1 N–H and O–H groups in total. The van der Waals surface area contributed by atoms with Gasteiger partial charge in [0.2, 0.25) is 0 Å². The largest absolute Gasteiger partial charge is 0.329 e. The minimum Gasteiger partial charge on any atom is -0.329 e. The van der Waals surface area contributed by atoms with Crippen LogP contribution in [-0.2, 0) is 6.54 Å². The third-order valence-electron chi connectivity index (χ3n) is 4.15. The van der Waals surface area contributed by atoms with Gasteiger partial charge in [-0.1, -0.05) is 19.8 Å². The summed E-state index contributed by atoms with van der Waals surface area (Å²) in [5, 5.41) is 0. The third kappa shape index (κ3) is 2.77. The molecule has 0 bridgehead atoms. The molecule has 0 amide bonds. The van der Waals surface area contributed by atoms with Crippen molar-refractivity contribution in [2.24, 2.45) is 11.8 Å². The van der Waals surface area contributed by atoms with E-state index < -0.39 is 0 Å². The number of halogens is 1. The van der Waals surface area contributed by atoms with Crippen LogP contribution in [0.5, 0.6) is 0 Å². The molecule has 1 fully saturated rings. The minimum absolute atomic E-state index is 0.743. The Balaban J connectivity index is 1.88. The van der Waals surface area contributed by atoms with Gasteiger partial charge in [0.1, 0.15) is 0 Å². The number of nitrogens with one attached hydrogen (secondary N) is 1. The molecule has 19 heavy (non-hydrogen) atoms. The Morgan fingerprint density at radius 2 is 2.16 bits per heavy atom. The second kappa shape index (κ2) is 5.37. The Bertz CT molecular complexity index is 638. The molecule has 102 valence electrons. The second-order valence-corrected chi connectivity index (χ2v) is 6.99. The van der Waals surface area contributed by atoms with Crippen LogP contribution in [-0.4, -0.2) is 14.5 Å². The summed E-state index contributed by atoms with van der Waals surface area (Å²) in [5.74, 6) is 1.63.